The number of nitrogens with one attached hydrogen (secondary N) is 1. The van der Waals surface area contributed by atoms with Gasteiger partial charge in [-0.05, 0) is 60.0 Å². The molecule has 1 aliphatic carbocycles. The van der Waals surface area contributed by atoms with Gasteiger partial charge >= 0.3 is 0 Å². The number of hydrogen-bond acceptors (Lipinski definition) is 3. The molecule has 94 valence electrons. The van der Waals surface area contributed by atoms with Crippen molar-refractivity contribution in [1.82, 2.24) is 20.3 Å². The van der Waals surface area contributed by atoms with Gasteiger partial charge in [-0.15, -0.1) is 5.10 Å². The van der Waals surface area contributed by atoms with E-state index in [-0.39, 0.29) is 0 Å². The standard InChI is InChI=1S/C13H15IN4/c14-12-3-1-2-4-13(12)18-9-11(16-17-18)8-15-7-10-5-6-10/h1-4,9-10,15H,5-8H2. The third-order valence-electron chi connectivity index (χ3n) is 3.08. The Morgan fingerprint density at radius 3 is 2.94 bits per heavy atom. The maximum Gasteiger partial charge on any atom is 0.0969 e. The number of rotatable bonds is 5. The molecule has 1 aromatic carbocycles. The summed E-state index contributed by atoms with van der Waals surface area (Å²) >= 11 is 2.31. The molecule has 4 nitrogen and oxygen atoms in total. The smallest absolute Gasteiger partial charge is 0.0969 e. The first kappa shape index (κ1) is 12.1. The lowest BCUT2D eigenvalue weighted by atomic mass is 10.3. The van der Waals surface area contributed by atoms with Crippen LogP contribution in [0.15, 0.2) is 30.5 Å². The van der Waals surface area contributed by atoms with Crippen LogP contribution in [0.2, 0.25) is 0 Å². The van der Waals surface area contributed by atoms with E-state index in [0.29, 0.717) is 0 Å². The number of aromatic nitrogens is 3. The molecule has 0 atom stereocenters. The Morgan fingerprint density at radius 1 is 1.33 bits per heavy atom. The number of halogens is 1. The fourth-order valence-electron chi connectivity index (χ4n) is 1.86. The maximum absolute atomic E-state index is 4.20. The van der Waals surface area contributed by atoms with Gasteiger partial charge in [-0.1, -0.05) is 17.3 Å². The van der Waals surface area contributed by atoms with Gasteiger partial charge in [-0.2, -0.15) is 0 Å². The molecule has 1 saturated carbocycles. The van der Waals surface area contributed by atoms with Gasteiger partial charge in [0.15, 0.2) is 0 Å². The number of hydrogen-bond donors (Lipinski definition) is 1. The minimum atomic E-state index is 0.805. The highest BCUT2D eigenvalue weighted by Gasteiger charge is 2.20. The summed E-state index contributed by atoms with van der Waals surface area (Å²) in [6.07, 6.45) is 4.75. The summed E-state index contributed by atoms with van der Waals surface area (Å²) in [5.74, 6) is 0.898. The van der Waals surface area contributed by atoms with Crippen LogP contribution in [0.5, 0.6) is 0 Å². The van der Waals surface area contributed by atoms with E-state index in [2.05, 4.69) is 50.4 Å². The summed E-state index contributed by atoms with van der Waals surface area (Å²) in [6, 6.07) is 8.17. The van der Waals surface area contributed by atoms with Crippen LogP contribution < -0.4 is 5.32 Å². The number of nitrogens with zero attached hydrogens (tertiary/aromatic N) is 3. The molecule has 1 fully saturated rings. The molecule has 0 amide bonds. The molecule has 1 N–H and O–H groups in total. The Bertz CT molecular complexity index is 533. The fourth-order valence-corrected chi connectivity index (χ4v) is 2.50. The Kier molecular flexibility index (Phi) is 3.60. The van der Waals surface area contributed by atoms with Gasteiger partial charge in [-0.3, -0.25) is 0 Å². The van der Waals surface area contributed by atoms with Crippen LogP contribution in [0.3, 0.4) is 0 Å². The van der Waals surface area contributed by atoms with Crippen molar-refractivity contribution in [2.24, 2.45) is 5.92 Å². The summed E-state index contributed by atoms with van der Waals surface area (Å²) in [4.78, 5) is 0. The second kappa shape index (κ2) is 5.36. The fraction of sp³-hybridized carbons (Fsp3) is 0.385. The molecule has 0 aliphatic heterocycles. The van der Waals surface area contributed by atoms with E-state index < -0.39 is 0 Å². The number of para-hydroxylation sites is 1. The van der Waals surface area contributed by atoms with Gasteiger partial charge in [0.05, 0.1) is 17.6 Å². The van der Waals surface area contributed by atoms with E-state index in [0.717, 1.165) is 30.4 Å². The molecule has 0 spiro atoms. The largest absolute Gasteiger partial charge is 0.311 e. The third kappa shape index (κ3) is 2.89. The topological polar surface area (TPSA) is 42.7 Å². The van der Waals surface area contributed by atoms with Crippen LogP contribution in [0, 0.1) is 9.49 Å². The predicted molar refractivity (Wildman–Crippen MR) is 78.5 cm³/mol. The van der Waals surface area contributed by atoms with Gasteiger partial charge in [-0.25, -0.2) is 4.68 Å². The monoisotopic (exact) mass is 354 g/mol. The summed E-state index contributed by atoms with van der Waals surface area (Å²) in [5.41, 5.74) is 2.08. The first-order chi connectivity index (χ1) is 8.83. The molecule has 1 aromatic heterocycles. The van der Waals surface area contributed by atoms with E-state index in [1.807, 2.05) is 23.0 Å². The lowest BCUT2D eigenvalue weighted by Gasteiger charge is -2.02. The summed E-state index contributed by atoms with van der Waals surface area (Å²) in [7, 11) is 0. The van der Waals surface area contributed by atoms with Crippen LogP contribution in [0.4, 0.5) is 0 Å². The van der Waals surface area contributed by atoms with Crippen molar-refractivity contribution >= 4 is 22.6 Å². The van der Waals surface area contributed by atoms with E-state index in [4.69, 9.17) is 0 Å². The van der Waals surface area contributed by atoms with Gasteiger partial charge in [0.1, 0.15) is 0 Å². The Morgan fingerprint density at radius 2 is 2.17 bits per heavy atom. The molecule has 5 heteroatoms. The van der Waals surface area contributed by atoms with Crippen LogP contribution in [0.1, 0.15) is 18.5 Å². The molecule has 1 heterocycles. The van der Waals surface area contributed by atoms with Crippen LogP contribution in [-0.2, 0) is 6.54 Å². The van der Waals surface area contributed by atoms with E-state index in [1.54, 1.807) is 0 Å². The molecule has 0 saturated heterocycles. The zero-order valence-electron chi connectivity index (χ0n) is 10.0. The SMILES string of the molecule is Ic1ccccc1-n1cc(CNCC2CC2)nn1. The minimum Gasteiger partial charge on any atom is -0.311 e. The summed E-state index contributed by atoms with van der Waals surface area (Å²) in [5, 5.41) is 11.8. The van der Waals surface area contributed by atoms with Crippen molar-refractivity contribution in [3.8, 4) is 5.69 Å². The van der Waals surface area contributed by atoms with Crippen molar-refractivity contribution in [1.29, 1.82) is 0 Å². The molecule has 18 heavy (non-hydrogen) atoms. The van der Waals surface area contributed by atoms with Crippen LogP contribution in [-0.4, -0.2) is 21.5 Å². The van der Waals surface area contributed by atoms with E-state index in [9.17, 15) is 0 Å². The average Bonchev–Trinajstić information content (AvgIpc) is 3.08. The van der Waals surface area contributed by atoms with Gasteiger partial charge in [0.2, 0.25) is 0 Å². The average molecular weight is 354 g/mol. The van der Waals surface area contributed by atoms with Crippen LogP contribution >= 0.6 is 22.6 Å². The molecule has 1 aliphatic rings. The molecule has 0 radical (unpaired) electrons. The summed E-state index contributed by atoms with van der Waals surface area (Å²) in [6.45, 7) is 1.91. The second-order valence-corrected chi connectivity index (χ2v) is 5.84. The first-order valence-electron chi connectivity index (χ1n) is 6.20. The van der Waals surface area contributed by atoms with Gasteiger partial charge in [0, 0.05) is 10.1 Å². The normalized spacial score (nSPS) is 14.9. The Labute approximate surface area is 120 Å². The molecular weight excluding hydrogens is 339 g/mol. The van der Waals surface area contributed by atoms with Crippen molar-refractivity contribution in [3.63, 3.8) is 0 Å². The lowest BCUT2D eigenvalue weighted by Crippen LogP contribution is -2.16. The Balaban J connectivity index is 1.66. The maximum atomic E-state index is 4.20. The minimum absolute atomic E-state index is 0.805. The van der Waals surface area contributed by atoms with Gasteiger partial charge < -0.3 is 5.32 Å². The van der Waals surface area contributed by atoms with Gasteiger partial charge in [0.25, 0.3) is 0 Å². The predicted octanol–water partition coefficient (Wildman–Crippen LogP) is 2.37. The van der Waals surface area contributed by atoms with Crippen molar-refractivity contribution in [2.75, 3.05) is 6.54 Å². The highest BCUT2D eigenvalue weighted by atomic mass is 127. The van der Waals surface area contributed by atoms with Crippen molar-refractivity contribution < 1.29 is 0 Å². The van der Waals surface area contributed by atoms with E-state index in [1.165, 1.54) is 16.4 Å². The zero-order valence-corrected chi connectivity index (χ0v) is 12.2. The molecule has 3 rings (SSSR count). The Hall–Kier alpha value is -0.950. The second-order valence-electron chi connectivity index (χ2n) is 4.68. The molecular formula is C13H15IN4. The third-order valence-corrected chi connectivity index (χ3v) is 3.99. The quantitative estimate of drug-likeness (QED) is 0.839. The zero-order chi connectivity index (χ0) is 12.4. The molecule has 0 unspecified atom stereocenters. The van der Waals surface area contributed by atoms with Crippen LogP contribution in [0.25, 0.3) is 5.69 Å². The summed E-state index contributed by atoms with van der Waals surface area (Å²) < 4.78 is 3.02. The van der Waals surface area contributed by atoms with E-state index >= 15 is 0 Å². The highest BCUT2D eigenvalue weighted by molar-refractivity contribution is 14.1. The lowest BCUT2D eigenvalue weighted by molar-refractivity contribution is 0.628. The molecule has 0 bridgehead atoms. The van der Waals surface area contributed by atoms with Crippen molar-refractivity contribution in [3.05, 3.63) is 39.7 Å². The first-order valence-corrected chi connectivity index (χ1v) is 7.27. The van der Waals surface area contributed by atoms with Crippen molar-refractivity contribution in [2.45, 2.75) is 19.4 Å². The highest BCUT2D eigenvalue weighted by Crippen LogP contribution is 2.27. The number of benzene rings is 1. The molecule has 2 aromatic rings.